The van der Waals surface area contributed by atoms with Crippen molar-refractivity contribution in [2.24, 2.45) is 0 Å². The van der Waals surface area contributed by atoms with Gasteiger partial charge in [0.1, 0.15) is 0 Å². The van der Waals surface area contributed by atoms with Crippen LogP contribution < -0.4 is 4.72 Å². The van der Waals surface area contributed by atoms with E-state index in [4.69, 9.17) is 5.11 Å². The molecule has 0 fully saturated rings. The smallest absolute Gasteiger partial charge is 0.323 e. The van der Waals surface area contributed by atoms with Crippen molar-refractivity contribution in [1.29, 1.82) is 0 Å². The minimum absolute atomic E-state index is 0.231. The van der Waals surface area contributed by atoms with Gasteiger partial charge in [0.2, 0.25) is 10.0 Å². The average Bonchev–Trinajstić information content (AvgIpc) is 2.12. The van der Waals surface area contributed by atoms with Crippen molar-refractivity contribution < 1.29 is 23.4 Å². The molecule has 0 amide bonds. The molecule has 3 N–H and O–H groups in total. The summed E-state index contributed by atoms with van der Waals surface area (Å²) in [6.07, 6.45) is 0. The molecule has 7 nitrogen and oxygen atoms in total. The van der Waals surface area contributed by atoms with Crippen LogP contribution in [0.5, 0.6) is 0 Å². The normalized spacial score (nSPS) is 17.8. The summed E-state index contributed by atoms with van der Waals surface area (Å²) < 4.78 is 25.1. The lowest BCUT2D eigenvalue weighted by Gasteiger charge is -2.27. The topological polar surface area (TPSA) is 107 Å². The molecule has 17 heavy (non-hydrogen) atoms. The summed E-state index contributed by atoms with van der Waals surface area (Å²) in [5.74, 6) is -1.43. The Bertz CT molecular complexity index is 364. The monoisotopic (exact) mass is 268 g/mol. The number of likely N-dealkylation sites (N-methyl/N-ethyl adjacent to an activating group) is 1. The zero-order chi connectivity index (χ0) is 13.9. The molecule has 0 saturated heterocycles. The maximum atomic E-state index is 11.5. The predicted octanol–water partition coefficient (Wildman–Crippen LogP) is -1.31. The highest BCUT2D eigenvalue weighted by atomic mass is 32.2. The van der Waals surface area contributed by atoms with Crippen LogP contribution in [0.25, 0.3) is 0 Å². The summed E-state index contributed by atoms with van der Waals surface area (Å²) in [4.78, 5) is 12.3. The Morgan fingerprint density at radius 2 is 1.94 bits per heavy atom. The maximum absolute atomic E-state index is 11.5. The molecule has 8 heteroatoms. The second kappa shape index (κ2) is 5.76. The van der Waals surface area contributed by atoms with Crippen molar-refractivity contribution in [3.63, 3.8) is 0 Å². The SMILES string of the molecule is CC(C(=O)O)S(=O)(=O)NCC(C)(O)CN(C)C. The maximum Gasteiger partial charge on any atom is 0.323 e. The molecule has 0 aliphatic carbocycles. The Morgan fingerprint density at radius 1 is 1.47 bits per heavy atom. The first-order valence-corrected chi connectivity index (χ1v) is 6.61. The van der Waals surface area contributed by atoms with Crippen LogP contribution in [0.15, 0.2) is 0 Å². The number of carbonyl (C=O) groups is 1. The number of carboxylic acid groups (broad SMARTS) is 1. The van der Waals surface area contributed by atoms with E-state index in [1.165, 1.54) is 6.92 Å². The van der Waals surface area contributed by atoms with Crippen molar-refractivity contribution in [3.05, 3.63) is 0 Å². The second-order valence-electron chi connectivity index (χ2n) is 4.58. The minimum atomic E-state index is -3.96. The lowest BCUT2D eigenvalue weighted by Crippen LogP contribution is -2.49. The quantitative estimate of drug-likeness (QED) is 0.529. The van der Waals surface area contributed by atoms with Gasteiger partial charge < -0.3 is 15.1 Å². The fraction of sp³-hybridized carbons (Fsp3) is 0.889. The van der Waals surface area contributed by atoms with Gasteiger partial charge in [-0.1, -0.05) is 0 Å². The van der Waals surface area contributed by atoms with Gasteiger partial charge in [-0.3, -0.25) is 4.79 Å². The zero-order valence-corrected chi connectivity index (χ0v) is 11.3. The first-order valence-electron chi connectivity index (χ1n) is 5.06. The van der Waals surface area contributed by atoms with E-state index >= 15 is 0 Å². The van der Waals surface area contributed by atoms with Gasteiger partial charge in [0.05, 0.1) is 5.60 Å². The number of aliphatic hydroxyl groups is 1. The van der Waals surface area contributed by atoms with Crippen molar-refractivity contribution in [2.75, 3.05) is 27.2 Å². The number of hydrogen-bond acceptors (Lipinski definition) is 5. The van der Waals surface area contributed by atoms with Crippen molar-refractivity contribution in [1.82, 2.24) is 9.62 Å². The van der Waals surface area contributed by atoms with Gasteiger partial charge >= 0.3 is 5.97 Å². The first-order chi connectivity index (χ1) is 7.48. The number of nitrogens with zero attached hydrogens (tertiary/aromatic N) is 1. The average molecular weight is 268 g/mol. The Morgan fingerprint density at radius 3 is 2.29 bits per heavy atom. The van der Waals surface area contributed by atoms with E-state index in [2.05, 4.69) is 4.72 Å². The number of hydrogen-bond donors (Lipinski definition) is 3. The Kier molecular flexibility index (Phi) is 5.53. The molecule has 0 rings (SSSR count). The van der Waals surface area contributed by atoms with Crippen LogP contribution >= 0.6 is 0 Å². The summed E-state index contributed by atoms with van der Waals surface area (Å²) in [6, 6.07) is 0. The molecule has 2 atom stereocenters. The first kappa shape index (κ1) is 16.3. The molecule has 0 aliphatic rings. The van der Waals surface area contributed by atoms with Gasteiger partial charge in [0, 0.05) is 13.1 Å². The Hall–Kier alpha value is -0.700. The van der Waals surface area contributed by atoms with Crippen LogP contribution in [0, 0.1) is 0 Å². The van der Waals surface area contributed by atoms with Crippen LogP contribution in [-0.4, -0.2) is 67.5 Å². The summed E-state index contributed by atoms with van der Waals surface area (Å²) in [6.45, 7) is 2.58. The van der Waals surface area contributed by atoms with Crippen molar-refractivity contribution in [3.8, 4) is 0 Å². The fourth-order valence-corrected chi connectivity index (χ4v) is 2.28. The fourth-order valence-electron chi connectivity index (χ4n) is 1.25. The minimum Gasteiger partial charge on any atom is -0.480 e. The van der Waals surface area contributed by atoms with E-state index in [-0.39, 0.29) is 13.1 Å². The van der Waals surface area contributed by atoms with Crippen molar-refractivity contribution in [2.45, 2.75) is 24.7 Å². The van der Waals surface area contributed by atoms with Gasteiger partial charge in [-0.15, -0.1) is 0 Å². The molecule has 0 aromatic carbocycles. The van der Waals surface area contributed by atoms with E-state index in [1.54, 1.807) is 19.0 Å². The molecular formula is C9H20N2O5S. The predicted molar refractivity (Wildman–Crippen MR) is 63.2 cm³/mol. The van der Waals surface area contributed by atoms with E-state index in [1.807, 2.05) is 0 Å². The molecule has 2 unspecified atom stereocenters. The molecule has 102 valence electrons. The summed E-state index contributed by atoms with van der Waals surface area (Å²) in [7, 11) is -0.479. The number of rotatable bonds is 7. The van der Waals surface area contributed by atoms with Crippen molar-refractivity contribution >= 4 is 16.0 Å². The van der Waals surface area contributed by atoms with Crippen LogP contribution in [0.2, 0.25) is 0 Å². The Balaban J connectivity index is 4.52. The number of carboxylic acids is 1. The number of aliphatic carboxylic acids is 1. The molecule has 0 aliphatic heterocycles. The molecule has 0 bridgehead atoms. The zero-order valence-electron chi connectivity index (χ0n) is 10.5. The molecular weight excluding hydrogens is 248 g/mol. The molecule has 0 saturated carbocycles. The van der Waals surface area contributed by atoms with Crippen LogP contribution in [0.4, 0.5) is 0 Å². The van der Waals surface area contributed by atoms with Crippen LogP contribution in [0.3, 0.4) is 0 Å². The Labute approximate surface area is 101 Å². The third-order valence-corrected chi connectivity index (χ3v) is 3.80. The third-order valence-electron chi connectivity index (χ3n) is 2.12. The number of sulfonamides is 1. The van der Waals surface area contributed by atoms with Gasteiger partial charge in [-0.25, -0.2) is 13.1 Å². The highest BCUT2D eigenvalue weighted by Gasteiger charge is 2.30. The number of nitrogens with one attached hydrogen (secondary N) is 1. The lowest BCUT2D eigenvalue weighted by atomic mass is 10.1. The molecule has 0 aromatic heterocycles. The molecule has 0 aromatic rings. The van der Waals surface area contributed by atoms with Gasteiger partial charge in [-0.05, 0) is 27.9 Å². The molecule has 0 heterocycles. The molecule has 0 radical (unpaired) electrons. The molecule has 0 spiro atoms. The van der Waals surface area contributed by atoms with E-state index in [0.717, 1.165) is 6.92 Å². The third kappa shape index (κ3) is 5.97. The highest BCUT2D eigenvalue weighted by Crippen LogP contribution is 2.05. The van der Waals surface area contributed by atoms with E-state index in [0.29, 0.717) is 0 Å². The van der Waals surface area contributed by atoms with Gasteiger partial charge in [0.15, 0.2) is 5.25 Å². The lowest BCUT2D eigenvalue weighted by molar-refractivity contribution is -0.136. The van der Waals surface area contributed by atoms with Gasteiger partial charge in [-0.2, -0.15) is 0 Å². The summed E-state index contributed by atoms with van der Waals surface area (Å²) in [5, 5.41) is 16.9. The van der Waals surface area contributed by atoms with Crippen LogP contribution in [0.1, 0.15) is 13.8 Å². The van der Waals surface area contributed by atoms with E-state index in [9.17, 15) is 18.3 Å². The van der Waals surface area contributed by atoms with Crippen LogP contribution in [-0.2, 0) is 14.8 Å². The largest absolute Gasteiger partial charge is 0.480 e. The summed E-state index contributed by atoms with van der Waals surface area (Å²) >= 11 is 0. The van der Waals surface area contributed by atoms with Gasteiger partial charge in [0.25, 0.3) is 0 Å². The highest BCUT2D eigenvalue weighted by molar-refractivity contribution is 7.90. The standard InChI is InChI=1S/C9H20N2O5S/c1-7(8(12)13)17(15,16)10-5-9(2,14)6-11(3)4/h7,10,14H,5-6H2,1-4H3,(H,12,13). The second-order valence-corrected chi connectivity index (χ2v) is 6.67. The van der Waals surface area contributed by atoms with E-state index < -0.39 is 26.8 Å². The summed E-state index contributed by atoms with van der Waals surface area (Å²) in [5.41, 5.74) is -1.26.